The molecule has 2 N–H and O–H groups in total. The summed E-state index contributed by atoms with van der Waals surface area (Å²) in [6, 6.07) is 6.62. The van der Waals surface area contributed by atoms with E-state index in [0.717, 1.165) is 0 Å². The van der Waals surface area contributed by atoms with Crippen molar-refractivity contribution in [3.8, 4) is 0 Å². The van der Waals surface area contributed by atoms with E-state index in [9.17, 15) is 4.79 Å². The molecule has 1 fully saturated rings. The topological polar surface area (TPSA) is 52.3 Å². The van der Waals surface area contributed by atoms with Gasteiger partial charge >= 0.3 is 0 Å². The van der Waals surface area contributed by atoms with Crippen LogP contribution in [0.3, 0.4) is 0 Å². The van der Waals surface area contributed by atoms with E-state index in [2.05, 4.69) is 0 Å². The van der Waals surface area contributed by atoms with Gasteiger partial charge in [0, 0.05) is 16.6 Å². The van der Waals surface area contributed by atoms with Gasteiger partial charge in [-0.15, -0.1) is 0 Å². The largest absolute Gasteiger partial charge is 0.379 e. The molecule has 1 aromatic carbocycles. The zero-order valence-electron chi connectivity index (χ0n) is 9.07. The minimum atomic E-state index is -0.617. The number of nitrogens with two attached hydrogens (primary N) is 1. The van der Waals surface area contributed by atoms with Crippen molar-refractivity contribution in [2.75, 3.05) is 13.2 Å². The minimum Gasteiger partial charge on any atom is -0.379 e. The van der Waals surface area contributed by atoms with Crippen LogP contribution in [0.15, 0.2) is 24.3 Å². The number of Topliss-reactive ketones (excluding diaryl/α,β-unsaturated/α-hetero) is 1. The standard InChI is InChI=1S/C12H14ClNO2/c1-12(7-16-6-10(12)14)11(15)8-2-4-9(13)5-3-8/h2-5,10H,6-7,14H2,1H3. The van der Waals surface area contributed by atoms with Crippen LogP contribution in [0.5, 0.6) is 0 Å². The van der Waals surface area contributed by atoms with Crippen LogP contribution in [0.1, 0.15) is 17.3 Å². The second kappa shape index (κ2) is 4.17. The summed E-state index contributed by atoms with van der Waals surface area (Å²) in [5, 5.41) is 0.619. The molecule has 2 unspecified atom stereocenters. The summed E-state index contributed by atoms with van der Waals surface area (Å²) in [7, 11) is 0. The average molecular weight is 240 g/mol. The summed E-state index contributed by atoms with van der Waals surface area (Å²) in [4.78, 5) is 12.3. The first-order valence-corrected chi connectivity index (χ1v) is 5.55. The molecule has 1 saturated heterocycles. The van der Waals surface area contributed by atoms with Crippen molar-refractivity contribution < 1.29 is 9.53 Å². The van der Waals surface area contributed by atoms with Crippen LogP contribution in [0.4, 0.5) is 0 Å². The van der Waals surface area contributed by atoms with Crippen molar-refractivity contribution in [3.05, 3.63) is 34.9 Å². The van der Waals surface area contributed by atoms with Gasteiger partial charge in [0.05, 0.1) is 18.6 Å². The predicted octanol–water partition coefficient (Wildman–Crippen LogP) is 1.89. The monoisotopic (exact) mass is 239 g/mol. The van der Waals surface area contributed by atoms with E-state index in [1.165, 1.54) is 0 Å². The zero-order valence-corrected chi connectivity index (χ0v) is 9.83. The van der Waals surface area contributed by atoms with Crippen LogP contribution < -0.4 is 5.73 Å². The molecule has 2 rings (SSSR count). The normalized spacial score (nSPS) is 29.3. The number of carbonyl (C=O) groups is 1. The molecule has 2 atom stereocenters. The molecular weight excluding hydrogens is 226 g/mol. The van der Waals surface area contributed by atoms with Gasteiger partial charge in [-0.25, -0.2) is 0 Å². The fourth-order valence-corrected chi connectivity index (χ4v) is 1.98. The molecule has 0 radical (unpaired) electrons. The Balaban J connectivity index is 2.28. The molecule has 86 valence electrons. The van der Waals surface area contributed by atoms with E-state index in [1.54, 1.807) is 24.3 Å². The SMILES string of the molecule is CC1(C(=O)c2ccc(Cl)cc2)COCC1N. The van der Waals surface area contributed by atoms with Gasteiger partial charge in [-0.05, 0) is 31.2 Å². The molecule has 1 aliphatic heterocycles. The highest BCUT2D eigenvalue weighted by Crippen LogP contribution is 2.31. The first-order chi connectivity index (χ1) is 7.54. The Morgan fingerprint density at radius 3 is 2.62 bits per heavy atom. The zero-order chi connectivity index (χ0) is 11.8. The number of hydrogen-bond donors (Lipinski definition) is 1. The Kier molecular flexibility index (Phi) is 3.02. The molecule has 0 spiro atoms. The maximum absolute atomic E-state index is 12.3. The summed E-state index contributed by atoms with van der Waals surface area (Å²) in [6.45, 7) is 2.67. The Morgan fingerprint density at radius 2 is 2.12 bits per heavy atom. The first-order valence-electron chi connectivity index (χ1n) is 5.18. The van der Waals surface area contributed by atoms with E-state index in [1.807, 2.05) is 6.92 Å². The molecule has 4 heteroatoms. The van der Waals surface area contributed by atoms with Gasteiger partial charge < -0.3 is 10.5 Å². The van der Waals surface area contributed by atoms with Crippen LogP contribution in [0.25, 0.3) is 0 Å². The summed E-state index contributed by atoms with van der Waals surface area (Å²) >= 11 is 5.78. The van der Waals surface area contributed by atoms with E-state index >= 15 is 0 Å². The van der Waals surface area contributed by atoms with Crippen molar-refractivity contribution >= 4 is 17.4 Å². The third kappa shape index (κ3) is 1.86. The third-order valence-electron chi connectivity index (χ3n) is 3.14. The molecule has 0 aromatic heterocycles. The van der Waals surface area contributed by atoms with Gasteiger partial charge in [-0.3, -0.25) is 4.79 Å². The summed E-state index contributed by atoms with van der Waals surface area (Å²) in [5.41, 5.74) is 5.92. The maximum atomic E-state index is 12.3. The molecule has 16 heavy (non-hydrogen) atoms. The van der Waals surface area contributed by atoms with Gasteiger partial charge in [-0.2, -0.15) is 0 Å². The van der Waals surface area contributed by atoms with Crippen LogP contribution in [-0.2, 0) is 4.74 Å². The molecule has 0 amide bonds. The van der Waals surface area contributed by atoms with Gasteiger partial charge in [-0.1, -0.05) is 11.6 Å². The summed E-state index contributed by atoms with van der Waals surface area (Å²) < 4.78 is 5.27. The molecule has 0 saturated carbocycles. The highest BCUT2D eigenvalue weighted by atomic mass is 35.5. The quantitative estimate of drug-likeness (QED) is 0.802. The summed E-state index contributed by atoms with van der Waals surface area (Å²) in [6.07, 6.45) is 0. The lowest BCUT2D eigenvalue weighted by Gasteiger charge is -2.25. The number of carbonyl (C=O) groups excluding carboxylic acids is 1. The Bertz CT molecular complexity index is 404. The van der Waals surface area contributed by atoms with Crippen molar-refractivity contribution in [2.45, 2.75) is 13.0 Å². The lowest BCUT2D eigenvalue weighted by molar-refractivity contribution is 0.0768. The third-order valence-corrected chi connectivity index (χ3v) is 3.39. The van der Waals surface area contributed by atoms with E-state index < -0.39 is 5.41 Å². The van der Waals surface area contributed by atoms with Crippen LogP contribution in [-0.4, -0.2) is 25.0 Å². The maximum Gasteiger partial charge on any atom is 0.172 e. The van der Waals surface area contributed by atoms with Crippen LogP contribution >= 0.6 is 11.6 Å². The smallest absolute Gasteiger partial charge is 0.172 e. The number of rotatable bonds is 2. The minimum absolute atomic E-state index is 0.0224. The number of hydrogen-bond acceptors (Lipinski definition) is 3. The van der Waals surface area contributed by atoms with Gasteiger partial charge in [0.2, 0.25) is 0 Å². The average Bonchev–Trinajstić information content (AvgIpc) is 2.61. The molecule has 0 bridgehead atoms. The highest BCUT2D eigenvalue weighted by Gasteiger charge is 2.44. The number of halogens is 1. The summed E-state index contributed by atoms with van der Waals surface area (Å²) in [5.74, 6) is 0.0224. The molecule has 3 nitrogen and oxygen atoms in total. The lowest BCUT2D eigenvalue weighted by Crippen LogP contribution is -2.44. The lowest BCUT2D eigenvalue weighted by atomic mass is 9.78. The number of benzene rings is 1. The molecule has 1 aliphatic rings. The Hall–Kier alpha value is -0.900. The number of ether oxygens (including phenoxy) is 1. The van der Waals surface area contributed by atoms with Crippen molar-refractivity contribution in [1.29, 1.82) is 0 Å². The van der Waals surface area contributed by atoms with E-state index in [4.69, 9.17) is 22.1 Å². The van der Waals surface area contributed by atoms with Crippen molar-refractivity contribution in [3.63, 3.8) is 0 Å². The van der Waals surface area contributed by atoms with Crippen LogP contribution in [0, 0.1) is 5.41 Å². The Labute approximate surface area is 99.5 Å². The first kappa shape index (κ1) is 11.6. The fraction of sp³-hybridized carbons (Fsp3) is 0.417. The molecule has 0 aliphatic carbocycles. The Morgan fingerprint density at radius 1 is 1.50 bits per heavy atom. The van der Waals surface area contributed by atoms with Crippen LogP contribution in [0.2, 0.25) is 5.02 Å². The van der Waals surface area contributed by atoms with Gasteiger partial charge in [0.25, 0.3) is 0 Å². The van der Waals surface area contributed by atoms with E-state index in [0.29, 0.717) is 23.8 Å². The fourth-order valence-electron chi connectivity index (χ4n) is 1.85. The molecular formula is C12H14ClNO2. The second-order valence-corrected chi connectivity index (χ2v) is 4.81. The second-order valence-electron chi connectivity index (χ2n) is 4.38. The van der Waals surface area contributed by atoms with Crippen molar-refractivity contribution in [1.82, 2.24) is 0 Å². The number of ketones is 1. The van der Waals surface area contributed by atoms with Crippen molar-refractivity contribution in [2.24, 2.45) is 11.1 Å². The van der Waals surface area contributed by atoms with Gasteiger partial charge in [0.15, 0.2) is 5.78 Å². The molecule has 1 aromatic rings. The predicted molar refractivity (Wildman–Crippen MR) is 62.7 cm³/mol. The van der Waals surface area contributed by atoms with E-state index in [-0.39, 0.29) is 11.8 Å². The molecule has 1 heterocycles. The highest BCUT2D eigenvalue weighted by molar-refractivity contribution is 6.30. The van der Waals surface area contributed by atoms with Gasteiger partial charge in [0.1, 0.15) is 0 Å².